The molecule has 4 heteroatoms. The Kier molecular flexibility index (Phi) is 4.16. The Morgan fingerprint density at radius 1 is 1.05 bits per heavy atom. The molecule has 1 heterocycles. The van der Waals surface area contributed by atoms with Gasteiger partial charge in [0.05, 0.1) is 5.56 Å². The minimum Gasteiger partial charge on any atom is -0.438 e. The van der Waals surface area contributed by atoms with Crippen LogP contribution in [0.2, 0.25) is 0 Å². The van der Waals surface area contributed by atoms with E-state index in [0.29, 0.717) is 5.88 Å². The van der Waals surface area contributed by atoms with Crippen molar-refractivity contribution in [2.75, 3.05) is 12.4 Å². The van der Waals surface area contributed by atoms with E-state index in [-0.39, 0.29) is 5.41 Å². The number of rotatable bonds is 3. The summed E-state index contributed by atoms with van der Waals surface area (Å²) in [7, 11) is 1.86. The van der Waals surface area contributed by atoms with Crippen LogP contribution in [0.15, 0.2) is 24.3 Å². The number of aryl methyl sites for hydroxylation is 1. The van der Waals surface area contributed by atoms with Gasteiger partial charge in [0.2, 0.25) is 5.88 Å². The summed E-state index contributed by atoms with van der Waals surface area (Å²) in [4.78, 5) is 9.20. The van der Waals surface area contributed by atoms with Crippen molar-refractivity contribution >= 4 is 5.82 Å². The monoisotopic (exact) mass is 285 g/mol. The van der Waals surface area contributed by atoms with Crippen LogP contribution in [0.3, 0.4) is 0 Å². The van der Waals surface area contributed by atoms with Gasteiger partial charge in [0.1, 0.15) is 17.4 Å². The van der Waals surface area contributed by atoms with E-state index in [0.717, 1.165) is 28.5 Å². The maximum atomic E-state index is 6.03. The van der Waals surface area contributed by atoms with Crippen molar-refractivity contribution in [2.24, 2.45) is 0 Å². The zero-order valence-corrected chi connectivity index (χ0v) is 13.6. The van der Waals surface area contributed by atoms with Crippen molar-refractivity contribution < 1.29 is 4.74 Å². The Labute approximate surface area is 126 Å². The molecule has 4 nitrogen and oxygen atoms in total. The number of nitrogens with one attached hydrogen (secondary N) is 1. The van der Waals surface area contributed by atoms with Gasteiger partial charge in [-0.15, -0.1) is 0 Å². The first-order chi connectivity index (χ1) is 9.82. The van der Waals surface area contributed by atoms with Crippen LogP contribution in [0.4, 0.5) is 5.82 Å². The Bertz CT molecular complexity index is 645. The Morgan fingerprint density at radius 3 is 2.29 bits per heavy atom. The number of benzene rings is 1. The molecule has 0 amide bonds. The van der Waals surface area contributed by atoms with Gasteiger partial charge in [0.25, 0.3) is 0 Å². The molecule has 2 aromatic rings. The van der Waals surface area contributed by atoms with E-state index in [2.05, 4.69) is 36.1 Å². The average Bonchev–Trinajstić information content (AvgIpc) is 2.42. The summed E-state index contributed by atoms with van der Waals surface area (Å²) in [5.41, 5.74) is 1.86. The molecule has 0 fully saturated rings. The van der Waals surface area contributed by atoms with E-state index in [1.165, 1.54) is 0 Å². The number of para-hydroxylation sites is 1. The SMILES string of the molecule is CNc1nc(C(C)(C)C)nc(Oc2ccccc2C)c1C. The van der Waals surface area contributed by atoms with Crippen molar-refractivity contribution in [1.82, 2.24) is 9.97 Å². The molecular formula is C17H23N3O. The predicted molar refractivity (Wildman–Crippen MR) is 86.3 cm³/mol. The smallest absolute Gasteiger partial charge is 0.227 e. The van der Waals surface area contributed by atoms with Gasteiger partial charge in [0, 0.05) is 12.5 Å². The molecular weight excluding hydrogens is 262 g/mol. The lowest BCUT2D eigenvalue weighted by Crippen LogP contribution is -2.18. The Balaban J connectivity index is 2.50. The molecule has 0 aliphatic carbocycles. The van der Waals surface area contributed by atoms with Crippen molar-refractivity contribution in [2.45, 2.75) is 40.0 Å². The van der Waals surface area contributed by atoms with Crippen LogP contribution < -0.4 is 10.1 Å². The summed E-state index contributed by atoms with van der Waals surface area (Å²) in [6.45, 7) is 10.3. The molecule has 0 unspecified atom stereocenters. The number of hydrogen-bond donors (Lipinski definition) is 1. The highest BCUT2D eigenvalue weighted by molar-refractivity contribution is 5.50. The number of nitrogens with zero attached hydrogens (tertiary/aromatic N) is 2. The quantitative estimate of drug-likeness (QED) is 0.917. The molecule has 0 aliphatic heterocycles. The van der Waals surface area contributed by atoms with Crippen molar-refractivity contribution in [3.63, 3.8) is 0 Å². The van der Waals surface area contributed by atoms with E-state index < -0.39 is 0 Å². The van der Waals surface area contributed by atoms with Crippen LogP contribution in [0.1, 0.15) is 37.7 Å². The fourth-order valence-corrected chi connectivity index (χ4v) is 1.95. The highest BCUT2D eigenvalue weighted by Gasteiger charge is 2.22. The molecule has 1 N–H and O–H groups in total. The highest BCUT2D eigenvalue weighted by atomic mass is 16.5. The number of hydrogen-bond acceptors (Lipinski definition) is 4. The van der Waals surface area contributed by atoms with Gasteiger partial charge >= 0.3 is 0 Å². The first-order valence-corrected chi connectivity index (χ1v) is 7.13. The fourth-order valence-electron chi connectivity index (χ4n) is 1.95. The van der Waals surface area contributed by atoms with Crippen LogP contribution in [-0.4, -0.2) is 17.0 Å². The lowest BCUT2D eigenvalue weighted by Gasteiger charge is -2.20. The van der Waals surface area contributed by atoms with Crippen molar-refractivity contribution in [3.05, 3.63) is 41.2 Å². The molecule has 0 saturated heterocycles. The van der Waals surface area contributed by atoms with Crippen LogP contribution >= 0.6 is 0 Å². The lowest BCUT2D eigenvalue weighted by molar-refractivity contribution is 0.440. The average molecular weight is 285 g/mol. The third-order valence-electron chi connectivity index (χ3n) is 3.31. The van der Waals surface area contributed by atoms with Crippen LogP contribution in [0.25, 0.3) is 0 Å². The summed E-state index contributed by atoms with van der Waals surface area (Å²) in [6.07, 6.45) is 0. The molecule has 0 radical (unpaired) electrons. The molecule has 112 valence electrons. The highest BCUT2D eigenvalue weighted by Crippen LogP contribution is 2.31. The van der Waals surface area contributed by atoms with Gasteiger partial charge in [-0.25, -0.2) is 4.98 Å². The number of aromatic nitrogens is 2. The predicted octanol–water partition coefficient (Wildman–Crippen LogP) is 4.22. The van der Waals surface area contributed by atoms with Crippen LogP contribution in [0, 0.1) is 13.8 Å². The summed E-state index contributed by atoms with van der Waals surface area (Å²) in [6, 6.07) is 7.93. The van der Waals surface area contributed by atoms with E-state index in [1.807, 2.05) is 45.2 Å². The molecule has 0 saturated carbocycles. The third kappa shape index (κ3) is 3.32. The number of ether oxygens (including phenoxy) is 1. The third-order valence-corrected chi connectivity index (χ3v) is 3.31. The first kappa shape index (κ1) is 15.3. The molecule has 1 aromatic heterocycles. The van der Waals surface area contributed by atoms with E-state index in [1.54, 1.807) is 0 Å². The lowest BCUT2D eigenvalue weighted by atomic mass is 9.95. The maximum absolute atomic E-state index is 6.03. The fraction of sp³-hybridized carbons (Fsp3) is 0.412. The van der Waals surface area contributed by atoms with Gasteiger partial charge in [-0.2, -0.15) is 4.98 Å². The van der Waals surface area contributed by atoms with Gasteiger partial charge in [-0.1, -0.05) is 39.0 Å². The van der Waals surface area contributed by atoms with E-state index >= 15 is 0 Å². The van der Waals surface area contributed by atoms with Crippen molar-refractivity contribution in [1.29, 1.82) is 0 Å². The van der Waals surface area contributed by atoms with Crippen molar-refractivity contribution in [3.8, 4) is 11.6 Å². The van der Waals surface area contributed by atoms with Gasteiger partial charge in [0.15, 0.2) is 0 Å². The molecule has 0 bridgehead atoms. The minimum absolute atomic E-state index is 0.136. The molecule has 0 atom stereocenters. The first-order valence-electron chi connectivity index (χ1n) is 7.13. The van der Waals surface area contributed by atoms with E-state index in [9.17, 15) is 0 Å². The standard InChI is InChI=1S/C17H23N3O/c1-11-9-7-8-10-13(11)21-15-12(2)14(18-6)19-16(20-15)17(3,4)5/h7-10H,1-6H3,(H,18,19,20). The summed E-state index contributed by atoms with van der Waals surface area (Å²) >= 11 is 0. The second-order valence-corrected chi connectivity index (χ2v) is 6.19. The second kappa shape index (κ2) is 5.72. The zero-order valence-electron chi connectivity index (χ0n) is 13.6. The normalized spacial score (nSPS) is 11.3. The summed E-state index contributed by atoms with van der Waals surface area (Å²) in [5.74, 6) is 2.99. The molecule has 2 rings (SSSR count). The zero-order chi connectivity index (χ0) is 15.6. The van der Waals surface area contributed by atoms with Gasteiger partial charge in [-0.05, 0) is 25.5 Å². The molecule has 0 aliphatic rings. The second-order valence-electron chi connectivity index (χ2n) is 6.19. The molecule has 0 spiro atoms. The topological polar surface area (TPSA) is 47.0 Å². The van der Waals surface area contributed by atoms with Gasteiger partial charge in [-0.3, -0.25) is 0 Å². The Hall–Kier alpha value is -2.10. The largest absolute Gasteiger partial charge is 0.438 e. The molecule has 1 aromatic carbocycles. The van der Waals surface area contributed by atoms with Crippen LogP contribution in [0.5, 0.6) is 11.6 Å². The summed E-state index contributed by atoms with van der Waals surface area (Å²) < 4.78 is 6.03. The molecule has 21 heavy (non-hydrogen) atoms. The minimum atomic E-state index is -0.136. The van der Waals surface area contributed by atoms with Gasteiger partial charge < -0.3 is 10.1 Å². The summed E-state index contributed by atoms with van der Waals surface area (Å²) in [5, 5.41) is 3.12. The number of anilines is 1. The van der Waals surface area contributed by atoms with Crippen LogP contribution in [-0.2, 0) is 5.41 Å². The van der Waals surface area contributed by atoms with E-state index in [4.69, 9.17) is 4.74 Å². The maximum Gasteiger partial charge on any atom is 0.227 e. The Morgan fingerprint density at radius 2 is 1.71 bits per heavy atom.